The maximum Gasteiger partial charge on any atom is 0.225 e. The molecule has 2 rings (SSSR count). The molecule has 0 saturated heterocycles. The van der Waals surface area contributed by atoms with Gasteiger partial charge in [-0.15, -0.1) is 0 Å². The third kappa shape index (κ3) is 3.24. The standard InChI is InChI=1S/C11H11IN4OS/c1-18-11-14-9(16-13)6-10(15-11)17-8-5-3-2-4-7(8)12/h2-6H,13H2,1H3,(H,14,15,16). The molecule has 94 valence electrons. The quantitative estimate of drug-likeness (QED) is 0.282. The Bertz CT molecular complexity index is 530. The molecule has 2 aromatic rings. The largest absolute Gasteiger partial charge is 0.438 e. The normalized spacial score (nSPS) is 10.2. The van der Waals surface area contributed by atoms with Crippen LogP contribution in [0.5, 0.6) is 11.6 Å². The van der Waals surface area contributed by atoms with Gasteiger partial charge in [0.1, 0.15) is 11.6 Å². The highest BCUT2D eigenvalue weighted by molar-refractivity contribution is 14.1. The van der Waals surface area contributed by atoms with Gasteiger partial charge in [0.05, 0.1) is 3.57 Å². The summed E-state index contributed by atoms with van der Waals surface area (Å²) in [6.07, 6.45) is 1.89. The van der Waals surface area contributed by atoms with Crippen LogP contribution in [-0.2, 0) is 0 Å². The number of nitrogen functional groups attached to an aromatic ring is 1. The highest BCUT2D eigenvalue weighted by Crippen LogP contribution is 2.27. The molecule has 18 heavy (non-hydrogen) atoms. The van der Waals surface area contributed by atoms with Gasteiger partial charge in [0.25, 0.3) is 0 Å². The van der Waals surface area contributed by atoms with Crippen LogP contribution in [0, 0.1) is 3.57 Å². The minimum absolute atomic E-state index is 0.464. The molecule has 1 aromatic carbocycles. The lowest BCUT2D eigenvalue weighted by Crippen LogP contribution is -2.09. The number of nitrogens with zero attached hydrogens (tertiary/aromatic N) is 2. The first-order chi connectivity index (χ1) is 8.72. The molecule has 0 bridgehead atoms. The second-order valence-electron chi connectivity index (χ2n) is 3.25. The molecule has 0 unspecified atom stereocenters. The Morgan fingerprint density at radius 2 is 2.11 bits per heavy atom. The van der Waals surface area contributed by atoms with Crippen LogP contribution in [-0.4, -0.2) is 16.2 Å². The number of para-hydroxylation sites is 1. The summed E-state index contributed by atoms with van der Waals surface area (Å²) >= 11 is 3.64. The summed E-state index contributed by atoms with van der Waals surface area (Å²) in [6.45, 7) is 0. The minimum Gasteiger partial charge on any atom is -0.438 e. The zero-order chi connectivity index (χ0) is 13.0. The molecule has 3 N–H and O–H groups in total. The number of nitrogens with two attached hydrogens (primary N) is 1. The first-order valence-electron chi connectivity index (χ1n) is 5.05. The molecule has 0 radical (unpaired) electrons. The van der Waals surface area contributed by atoms with Gasteiger partial charge < -0.3 is 10.2 Å². The van der Waals surface area contributed by atoms with E-state index in [4.69, 9.17) is 10.6 Å². The molecule has 1 aromatic heterocycles. The predicted octanol–water partition coefficient (Wildman–Crippen LogP) is 2.88. The molecule has 5 nitrogen and oxygen atoms in total. The summed E-state index contributed by atoms with van der Waals surface area (Å²) in [7, 11) is 0. The van der Waals surface area contributed by atoms with Crippen LogP contribution >= 0.6 is 34.4 Å². The average Bonchev–Trinajstić information content (AvgIpc) is 2.41. The van der Waals surface area contributed by atoms with Gasteiger partial charge in [-0.3, -0.25) is 0 Å². The lowest BCUT2D eigenvalue weighted by molar-refractivity contribution is 0.453. The summed E-state index contributed by atoms with van der Waals surface area (Å²) in [5.41, 5.74) is 2.50. The molecule has 0 saturated carbocycles. The van der Waals surface area contributed by atoms with Gasteiger partial charge in [-0.1, -0.05) is 23.9 Å². The number of ether oxygens (including phenoxy) is 1. The molecule has 1 heterocycles. The van der Waals surface area contributed by atoms with Crippen LogP contribution in [0.4, 0.5) is 5.82 Å². The fourth-order valence-corrected chi connectivity index (χ4v) is 2.13. The van der Waals surface area contributed by atoms with Gasteiger partial charge in [0.2, 0.25) is 5.88 Å². The molecular weight excluding hydrogens is 363 g/mol. The lowest BCUT2D eigenvalue weighted by atomic mass is 10.3. The Hall–Kier alpha value is -1.06. The Balaban J connectivity index is 2.31. The van der Waals surface area contributed by atoms with E-state index < -0.39 is 0 Å². The minimum atomic E-state index is 0.464. The zero-order valence-corrected chi connectivity index (χ0v) is 12.5. The maximum atomic E-state index is 5.73. The van der Waals surface area contributed by atoms with Gasteiger partial charge >= 0.3 is 0 Å². The summed E-state index contributed by atoms with van der Waals surface area (Å²) in [5, 5.41) is 0.603. The third-order valence-corrected chi connectivity index (χ3v) is 3.50. The van der Waals surface area contributed by atoms with Crippen LogP contribution in [0.3, 0.4) is 0 Å². The highest BCUT2D eigenvalue weighted by Gasteiger charge is 2.07. The fraction of sp³-hybridized carbons (Fsp3) is 0.0909. The number of halogens is 1. The number of benzene rings is 1. The smallest absolute Gasteiger partial charge is 0.225 e. The molecule has 0 spiro atoms. The van der Waals surface area contributed by atoms with Gasteiger partial charge in [0.15, 0.2) is 5.16 Å². The van der Waals surface area contributed by atoms with Crippen molar-refractivity contribution in [2.75, 3.05) is 11.7 Å². The fourth-order valence-electron chi connectivity index (χ4n) is 1.26. The van der Waals surface area contributed by atoms with E-state index in [9.17, 15) is 0 Å². The van der Waals surface area contributed by atoms with Crippen molar-refractivity contribution < 1.29 is 4.74 Å². The van der Waals surface area contributed by atoms with E-state index in [1.165, 1.54) is 11.8 Å². The zero-order valence-electron chi connectivity index (χ0n) is 9.55. The second-order valence-corrected chi connectivity index (χ2v) is 5.19. The Kier molecular flexibility index (Phi) is 4.61. The van der Waals surface area contributed by atoms with Crippen LogP contribution in [0.15, 0.2) is 35.5 Å². The number of aromatic nitrogens is 2. The van der Waals surface area contributed by atoms with Crippen molar-refractivity contribution in [3.8, 4) is 11.6 Å². The summed E-state index contributed by atoms with van der Waals surface area (Å²) < 4.78 is 6.74. The first kappa shape index (κ1) is 13.4. The second kappa shape index (κ2) is 6.21. The van der Waals surface area contributed by atoms with Crippen LogP contribution in [0.25, 0.3) is 0 Å². The van der Waals surface area contributed by atoms with Crippen molar-refractivity contribution >= 4 is 40.2 Å². The van der Waals surface area contributed by atoms with Gasteiger partial charge in [-0.2, -0.15) is 4.98 Å². The maximum absolute atomic E-state index is 5.73. The molecule has 0 aliphatic heterocycles. The third-order valence-electron chi connectivity index (χ3n) is 2.06. The number of rotatable bonds is 4. The molecule has 0 atom stereocenters. The number of hydrogen-bond acceptors (Lipinski definition) is 6. The number of hydrazine groups is 1. The molecule has 0 aliphatic rings. The van der Waals surface area contributed by atoms with E-state index in [1.54, 1.807) is 6.07 Å². The summed E-state index contributed by atoms with van der Waals surface area (Å²) in [5.74, 6) is 7.10. The molecule has 0 amide bonds. The number of thioether (sulfide) groups is 1. The predicted molar refractivity (Wildman–Crippen MR) is 80.9 cm³/mol. The van der Waals surface area contributed by atoms with Crippen molar-refractivity contribution in [1.29, 1.82) is 0 Å². The van der Waals surface area contributed by atoms with Gasteiger partial charge in [-0.25, -0.2) is 10.8 Å². The van der Waals surface area contributed by atoms with Gasteiger partial charge in [-0.05, 0) is 41.0 Å². The van der Waals surface area contributed by atoms with Crippen molar-refractivity contribution in [2.24, 2.45) is 5.84 Å². The number of anilines is 1. The Morgan fingerprint density at radius 1 is 1.33 bits per heavy atom. The van der Waals surface area contributed by atoms with Crippen LogP contribution in [0.1, 0.15) is 0 Å². The Morgan fingerprint density at radius 3 is 2.78 bits per heavy atom. The highest BCUT2D eigenvalue weighted by atomic mass is 127. The molecule has 7 heteroatoms. The molecule has 0 aliphatic carbocycles. The van der Waals surface area contributed by atoms with Crippen molar-refractivity contribution in [3.05, 3.63) is 33.9 Å². The van der Waals surface area contributed by atoms with Crippen molar-refractivity contribution in [1.82, 2.24) is 9.97 Å². The topological polar surface area (TPSA) is 73.1 Å². The van der Waals surface area contributed by atoms with Crippen molar-refractivity contribution in [3.63, 3.8) is 0 Å². The van der Waals surface area contributed by atoms with E-state index in [0.29, 0.717) is 16.9 Å². The van der Waals surface area contributed by atoms with E-state index in [-0.39, 0.29) is 0 Å². The Labute approximate surface area is 123 Å². The molecule has 0 fully saturated rings. The van der Waals surface area contributed by atoms with Crippen LogP contribution in [0.2, 0.25) is 0 Å². The average molecular weight is 374 g/mol. The summed E-state index contributed by atoms with van der Waals surface area (Å²) in [4.78, 5) is 8.44. The monoisotopic (exact) mass is 374 g/mol. The molecular formula is C11H11IN4OS. The van der Waals surface area contributed by atoms with Crippen molar-refractivity contribution in [2.45, 2.75) is 5.16 Å². The first-order valence-corrected chi connectivity index (χ1v) is 7.35. The lowest BCUT2D eigenvalue weighted by Gasteiger charge is -2.08. The van der Waals surface area contributed by atoms with E-state index in [1.807, 2.05) is 30.5 Å². The number of hydrogen-bond donors (Lipinski definition) is 2. The van der Waals surface area contributed by atoms with Gasteiger partial charge in [0, 0.05) is 6.07 Å². The number of nitrogens with one attached hydrogen (secondary N) is 1. The van der Waals surface area contributed by atoms with E-state index in [0.717, 1.165) is 9.32 Å². The van der Waals surface area contributed by atoms with E-state index in [2.05, 4.69) is 38.0 Å². The SMILES string of the molecule is CSc1nc(NN)cc(Oc2ccccc2I)n1. The van der Waals surface area contributed by atoms with E-state index >= 15 is 0 Å². The van der Waals surface area contributed by atoms with Crippen LogP contribution < -0.4 is 16.0 Å². The summed E-state index contributed by atoms with van der Waals surface area (Å²) in [6, 6.07) is 9.38.